The highest BCUT2D eigenvalue weighted by atomic mass is 19.1. The van der Waals surface area contributed by atoms with Crippen LogP contribution in [0.1, 0.15) is 32.2 Å². The van der Waals surface area contributed by atoms with Gasteiger partial charge in [0, 0.05) is 23.8 Å². The number of nitrogen functional groups attached to an aromatic ring is 1. The number of hydrogen-bond donors (Lipinski definition) is 3. The van der Waals surface area contributed by atoms with E-state index in [-0.39, 0.29) is 35.1 Å². The Balaban J connectivity index is 1.48. The molecule has 2 aromatic carbocycles. The van der Waals surface area contributed by atoms with Gasteiger partial charge < -0.3 is 20.4 Å². The molecule has 2 unspecified atom stereocenters. The Morgan fingerprint density at radius 2 is 2.00 bits per heavy atom. The molecule has 182 valence electrons. The molecular weight excluding hydrogens is 461 g/mol. The molecule has 4 N–H and O–H groups in total. The first kappa shape index (κ1) is 23.2. The molecule has 0 spiro atoms. The smallest absolute Gasteiger partial charge is 0.296 e. The van der Waals surface area contributed by atoms with Gasteiger partial charge in [0.2, 0.25) is 0 Å². The molecule has 36 heavy (non-hydrogen) atoms. The van der Waals surface area contributed by atoms with E-state index in [0.29, 0.717) is 23.1 Å². The highest BCUT2D eigenvalue weighted by molar-refractivity contribution is 6.02. The normalized spacial score (nSPS) is 16.9. The van der Waals surface area contributed by atoms with Crippen LogP contribution < -0.4 is 21.3 Å². The van der Waals surface area contributed by atoms with Gasteiger partial charge in [0.1, 0.15) is 11.3 Å². The van der Waals surface area contributed by atoms with E-state index >= 15 is 0 Å². The van der Waals surface area contributed by atoms with Gasteiger partial charge in [0.25, 0.3) is 11.5 Å². The van der Waals surface area contributed by atoms with Gasteiger partial charge in [0.15, 0.2) is 17.4 Å². The molecule has 2 aromatic heterocycles. The molecule has 9 heteroatoms. The largest absolute Gasteiger partial charge is 0.454 e. The van der Waals surface area contributed by atoms with Crippen molar-refractivity contribution >= 4 is 22.6 Å². The van der Waals surface area contributed by atoms with Crippen LogP contribution in [0.4, 0.5) is 10.2 Å². The lowest BCUT2D eigenvalue weighted by molar-refractivity contribution is -0.116. The van der Waals surface area contributed by atoms with Crippen molar-refractivity contribution in [3.63, 3.8) is 0 Å². The maximum absolute atomic E-state index is 14.0. The second kappa shape index (κ2) is 9.58. The zero-order valence-corrected chi connectivity index (χ0v) is 19.5. The van der Waals surface area contributed by atoms with Crippen LogP contribution in [-0.2, 0) is 4.79 Å². The number of carbonyl (C=O) groups is 1. The fraction of sp³-hybridized carbons (Fsp3) is 0.222. The van der Waals surface area contributed by atoms with Gasteiger partial charge in [-0.3, -0.25) is 9.59 Å². The van der Waals surface area contributed by atoms with Crippen LogP contribution >= 0.6 is 0 Å². The monoisotopic (exact) mass is 485 g/mol. The van der Waals surface area contributed by atoms with Crippen molar-refractivity contribution in [3.8, 4) is 34.5 Å². The van der Waals surface area contributed by atoms with E-state index in [4.69, 9.17) is 10.5 Å². The fourth-order valence-electron chi connectivity index (χ4n) is 4.78. The summed E-state index contributed by atoms with van der Waals surface area (Å²) >= 11 is 0. The molecule has 8 nitrogen and oxygen atoms in total. The predicted octanol–water partition coefficient (Wildman–Crippen LogP) is 4.14. The topological polar surface area (TPSA) is 115 Å². The number of aromatic amines is 1. The molecule has 0 radical (unpaired) electrons. The molecule has 1 aliphatic carbocycles. The van der Waals surface area contributed by atoms with Crippen LogP contribution in [0, 0.1) is 17.7 Å². The number of aromatic nitrogens is 3. The van der Waals surface area contributed by atoms with Gasteiger partial charge in [-0.05, 0) is 61.9 Å². The number of H-pyrrole nitrogens is 1. The Kier molecular flexibility index (Phi) is 6.17. The van der Waals surface area contributed by atoms with Crippen molar-refractivity contribution in [1.29, 1.82) is 0 Å². The molecule has 1 aliphatic rings. The molecule has 4 aromatic rings. The third-order valence-electron chi connectivity index (χ3n) is 6.38. The summed E-state index contributed by atoms with van der Waals surface area (Å²) in [5, 5.41) is 9.95. The van der Waals surface area contributed by atoms with Gasteiger partial charge in [-0.25, -0.2) is 9.49 Å². The Hall–Kier alpha value is -4.58. The quantitative estimate of drug-likeness (QED) is 0.368. The lowest BCUT2D eigenvalue weighted by atomic mass is 10.1. The van der Waals surface area contributed by atoms with Gasteiger partial charge in [-0.1, -0.05) is 30.2 Å². The van der Waals surface area contributed by atoms with Crippen molar-refractivity contribution < 1.29 is 13.9 Å². The molecule has 0 saturated heterocycles. The van der Waals surface area contributed by atoms with E-state index < -0.39 is 5.82 Å². The molecule has 1 saturated carbocycles. The van der Waals surface area contributed by atoms with Gasteiger partial charge >= 0.3 is 0 Å². The number of nitrogens with one attached hydrogen (secondary N) is 2. The zero-order chi connectivity index (χ0) is 25.2. The summed E-state index contributed by atoms with van der Waals surface area (Å²) in [6, 6.07) is 13.3. The Bertz CT molecular complexity index is 1560. The van der Waals surface area contributed by atoms with Crippen molar-refractivity contribution in [2.45, 2.75) is 38.3 Å². The lowest BCUT2D eigenvalue weighted by Crippen LogP contribution is -2.32. The number of para-hydroxylation sites is 1. The molecule has 5 rings (SSSR count). The second-order valence-corrected chi connectivity index (χ2v) is 8.68. The van der Waals surface area contributed by atoms with Crippen LogP contribution in [0.15, 0.2) is 59.5 Å². The summed E-state index contributed by atoms with van der Waals surface area (Å²) in [6.07, 6.45) is 4.13. The highest BCUT2D eigenvalue weighted by Gasteiger charge is 2.30. The maximum Gasteiger partial charge on any atom is 0.296 e. The van der Waals surface area contributed by atoms with Gasteiger partial charge in [0.05, 0.1) is 5.39 Å². The number of nitrogens with two attached hydrogens (primary N) is 1. The van der Waals surface area contributed by atoms with E-state index in [9.17, 15) is 14.0 Å². The number of amides is 1. The van der Waals surface area contributed by atoms with Crippen molar-refractivity contribution in [1.82, 2.24) is 20.1 Å². The van der Waals surface area contributed by atoms with Gasteiger partial charge in [-0.2, -0.15) is 5.10 Å². The lowest BCUT2D eigenvalue weighted by Gasteiger charge is -2.14. The predicted molar refractivity (Wildman–Crippen MR) is 135 cm³/mol. The third-order valence-corrected chi connectivity index (χ3v) is 6.38. The Labute approximate surface area is 206 Å². The number of fused-ring (bicyclic) bond motifs is 1. The van der Waals surface area contributed by atoms with E-state index in [1.165, 1.54) is 6.07 Å². The fourth-order valence-corrected chi connectivity index (χ4v) is 4.78. The molecule has 1 fully saturated rings. The van der Waals surface area contributed by atoms with Crippen molar-refractivity contribution in [2.75, 3.05) is 5.73 Å². The minimum atomic E-state index is -0.449. The summed E-state index contributed by atoms with van der Waals surface area (Å²) in [4.78, 5) is 24.8. The van der Waals surface area contributed by atoms with E-state index in [0.717, 1.165) is 24.0 Å². The average molecular weight is 486 g/mol. The molecule has 2 atom stereocenters. The molecule has 2 heterocycles. The SMILES string of the molecule is CC#CC(=O)NC1CCC(n2cc(-c3ccc(Oc4ccccc4F)cc3)c3c(N)n[nH]c(=O)c32)C1. The molecule has 1 amide bonds. The van der Waals surface area contributed by atoms with E-state index in [1.54, 1.807) is 37.3 Å². The van der Waals surface area contributed by atoms with Crippen LogP contribution in [0.2, 0.25) is 0 Å². The Morgan fingerprint density at radius 1 is 1.22 bits per heavy atom. The minimum absolute atomic E-state index is 0.00676. The third kappa shape index (κ3) is 4.41. The number of carbonyl (C=O) groups excluding carboxylic acids is 1. The molecule has 0 bridgehead atoms. The summed E-state index contributed by atoms with van der Waals surface area (Å²) < 4.78 is 21.5. The minimum Gasteiger partial charge on any atom is -0.454 e. The van der Waals surface area contributed by atoms with Crippen LogP contribution in [0.5, 0.6) is 11.5 Å². The maximum atomic E-state index is 14.0. The van der Waals surface area contributed by atoms with Crippen LogP contribution in [0.25, 0.3) is 22.0 Å². The highest BCUT2D eigenvalue weighted by Crippen LogP contribution is 2.39. The number of hydrogen-bond acceptors (Lipinski definition) is 5. The number of ether oxygens (including phenoxy) is 1. The number of halogens is 1. The van der Waals surface area contributed by atoms with Crippen molar-refractivity contribution in [3.05, 3.63) is 70.9 Å². The Morgan fingerprint density at radius 3 is 2.75 bits per heavy atom. The van der Waals surface area contributed by atoms with Crippen LogP contribution in [-0.4, -0.2) is 26.7 Å². The van der Waals surface area contributed by atoms with Gasteiger partial charge in [-0.15, -0.1) is 0 Å². The molecule has 0 aliphatic heterocycles. The number of rotatable bonds is 5. The number of nitrogens with zero attached hydrogens (tertiary/aromatic N) is 2. The summed E-state index contributed by atoms with van der Waals surface area (Å²) in [6.45, 7) is 1.62. The van der Waals surface area contributed by atoms with Crippen LogP contribution in [0.3, 0.4) is 0 Å². The molecular formula is C27H24FN5O3. The first-order chi connectivity index (χ1) is 17.4. The first-order valence-corrected chi connectivity index (χ1v) is 11.6. The van der Waals surface area contributed by atoms with E-state index in [2.05, 4.69) is 27.4 Å². The standard InChI is InChI=1S/C27H24FN5O3/c1-2-5-23(34)30-17-10-11-18(14-17)33-15-20(24-25(33)27(35)32-31-26(24)29)16-8-12-19(13-9-16)36-22-7-4-3-6-21(22)28/h3-4,6-9,12-13,15,17-18H,10-11,14H2,1H3,(H2,29,31)(H,30,34)(H,32,35). The van der Waals surface area contributed by atoms with Crippen molar-refractivity contribution in [2.24, 2.45) is 0 Å². The van der Waals surface area contributed by atoms with E-state index in [1.807, 2.05) is 22.9 Å². The average Bonchev–Trinajstić information content (AvgIpc) is 3.49. The number of benzene rings is 2. The summed E-state index contributed by atoms with van der Waals surface area (Å²) in [7, 11) is 0. The second-order valence-electron chi connectivity index (χ2n) is 8.68. The zero-order valence-electron chi connectivity index (χ0n) is 19.5. The number of anilines is 1. The summed E-state index contributed by atoms with van der Waals surface area (Å²) in [5.74, 6) is 5.18. The first-order valence-electron chi connectivity index (χ1n) is 11.6. The summed E-state index contributed by atoms with van der Waals surface area (Å²) in [5.41, 5.74) is 7.88.